The van der Waals surface area contributed by atoms with Gasteiger partial charge in [-0.25, -0.2) is 10.8 Å². The van der Waals surface area contributed by atoms with Crippen LogP contribution < -0.4 is 17.0 Å². The fourth-order valence-corrected chi connectivity index (χ4v) is 2.81. The summed E-state index contributed by atoms with van der Waals surface area (Å²) in [5.41, 5.74) is 8.50. The number of carbonyl (C=O) groups is 1. The van der Waals surface area contributed by atoms with E-state index in [-0.39, 0.29) is 5.91 Å². The summed E-state index contributed by atoms with van der Waals surface area (Å²) in [6.45, 7) is 2.81. The summed E-state index contributed by atoms with van der Waals surface area (Å²) in [6, 6.07) is 0. The van der Waals surface area contributed by atoms with Gasteiger partial charge in [0.2, 0.25) is 0 Å². The standard InChI is InChI=1S/C9H16N4OS2/c1-6(2-10)3-15-4-7-5-16-9(12-7)8(14)13-11/h5-6H,2-4,10-11H2,1H3,(H,13,14). The molecule has 1 aromatic heterocycles. The van der Waals surface area contributed by atoms with Gasteiger partial charge in [0.1, 0.15) is 0 Å². The van der Waals surface area contributed by atoms with Crippen LogP contribution in [0, 0.1) is 5.92 Å². The molecule has 0 aliphatic carbocycles. The van der Waals surface area contributed by atoms with E-state index in [4.69, 9.17) is 11.6 Å². The Hall–Kier alpha value is -0.630. The quantitative estimate of drug-likeness (QED) is 0.395. The van der Waals surface area contributed by atoms with Crippen molar-refractivity contribution in [1.82, 2.24) is 10.4 Å². The van der Waals surface area contributed by atoms with Gasteiger partial charge >= 0.3 is 0 Å². The second-order valence-corrected chi connectivity index (χ2v) is 5.36. The monoisotopic (exact) mass is 260 g/mol. The number of rotatable bonds is 6. The maximum Gasteiger partial charge on any atom is 0.294 e. The van der Waals surface area contributed by atoms with Crippen LogP contribution >= 0.6 is 23.1 Å². The molecule has 0 bridgehead atoms. The van der Waals surface area contributed by atoms with Crippen molar-refractivity contribution in [2.75, 3.05) is 12.3 Å². The highest BCUT2D eigenvalue weighted by Crippen LogP contribution is 2.17. The molecule has 0 aliphatic heterocycles. The molecule has 1 heterocycles. The number of nitrogen functional groups attached to an aromatic ring is 1. The molecule has 0 saturated carbocycles. The van der Waals surface area contributed by atoms with Gasteiger partial charge in [0.05, 0.1) is 5.69 Å². The number of carbonyl (C=O) groups excluding carboxylic acids is 1. The topological polar surface area (TPSA) is 94.0 Å². The summed E-state index contributed by atoms with van der Waals surface area (Å²) in [5.74, 6) is 7.00. The third-order valence-corrected chi connectivity index (χ3v) is 4.13. The second kappa shape index (κ2) is 6.85. The largest absolute Gasteiger partial charge is 0.330 e. The number of nitrogens with two attached hydrogens (primary N) is 2. The maximum absolute atomic E-state index is 11.1. The van der Waals surface area contributed by atoms with Crippen LogP contribution in [-0.4, -0.2) is 23.2 Å². The highest BCUT2D eigenvalue weighted by molar-refractivity contribution is 7.98. The van der Waals surface area contributed by atoms with E-state index in [1.54, 1.807) is 11.8 Å². The second-order valence-electron chi connectivity index (χ2n) is 3.47. The molecule has 0 aliphatic rings. The van der Waals surface area contributed by atoms with Crippen molar-refractivity contribution >= 4 is 29.0 Å². The third kappa shape index (κ3) is 4.09. The predicted molar refractivity (Wildman–Crippen MR) is 68.1 cm³/mol. The molecule has 1 aromatic rings. The van der Waals surface area contributed by atoms with Crippen LogP contribution in [0.4, 0.5) is 0 Å². The van der Waals surface area contributed by atoms with Gasteiger partial charge in [-0.1, -0.05) is 6.92 Å². The van der Waals surface area contributed by atoms with E-state index < -0.39 is 0 Å². The highest BCUT2D eigenvalue weighted by atomic mass is 32.2. The summed E-state index contributed by atoms with van der Waals surface area (Å²) in [7, 11) is 0. The number of amides is 1. The lowest BCUT2D eigenvalue weighted by Gasteiger charge is -2.05. The molecule has 0 radical (unpaired) electrons. The molecule has 0 aromatic carbocycles. The van der Waals surface area contributed by atoms with Crippen molar-refractivity contribution in [1.29, 1.82) is 0 Å². The molecule has 1 atom stereocenters. The minimum Gasteiger partial charge on any atom is -0.330 e. The fraction of sp³-hybridized carbons (Fsp3) is 0.556. The molecule has 5 N–H and O–H groups in total. The van der Waals surface area contributed by atoms with E-state index in [1.807, 2.05) is 5.38 Å². The summed E-state index contributed by atoms with van der Waals surface area (Å²) in [5, 5.41) is 2.29. The normalized spacial score (nSPS) is 12.4. The molecule has 1 rings (SSSR count). The lowest BCUT2D eigenvalue weighted by atomic mass is 10.2. The maximum atomic E-state index is 11.1. The van der Waals surface area contributed by atoms with E-state index in [0.29, 0.717) is 17.5 Å². The Morgan fingerprint density at radius 2 is 2.50 bits per heavy atom. The van der Waals surface area contributed by atoms with Crippen molar-refractivity contribution < 1.29 is 4.79 Å². The van der Waals surface area contributed by atoms with Crippen molar-refractivity contribution in [3.05, 3.63) is 16.1 Å². The van der Waals surface area contributed by atoms with E-state index in [9.17, 15) is 4.79 Å². The van der Waals surface area contributed by atoms with Crippen LogP contribution in [0.15, 0.2) is 5.38 Å². The number of hydrazine groups is 1. The van der Waals surface area contributed by atoms with E-state index >= 15 is 0 Å². The Bertz CT molecular complexity index is 342. The van der Waals surface area contributed by atoms with Crippen LogP contribution in [-0.2, 0) is 5.75 Å². The smallest absolute Gasteiger partial charge is 0.294 e. The molecular formula is C9H16N4OS2. The van der Waals surface area contributed by atoms with Crippen molar-refractivity contribution in [3.8, 4) is 0 Å². The number of nitrogens with one attached hydrogen (secondary N) is 1. The fourth-order valence-electron chi connectivity index (χ4n) is 0.972. The van der Waals surface area contributed by atoms with Gasteiger partial charge in [0.15, 0.2) is 5.01 Å². The molecule has 0 fully saturated rings. The van der Waals surface area contributed by atoms with Gasteiger partial charge < -0.3 is 5.73 Å². The highest BCUT2D eigenvalue weighted by Gasteiger charge is 2.09. The Labute approximate surface area is 103 Å². The van der Waals surface area contributed by atoms with Crippen LogP contribution in [0.5, 0.6) is 0 Å². The molecular weight excluding hydrogens is 244 g/mol. The lowest BCUT2D eigenvalue weighted by molar-refractivity contribution is 0.0953. The minimum atomic E-state index is -0.337. The van der Waals surface area contributed by atoms with Gasteiger partial charge in [0.25, 0.3) is 5.91 Å². The number of aromatic nitrogens is 1. The Balaban J connectivity index is 2.38. The number of thioether (sulfide) groups is 1. The van der Waals surface area contributed by atoms with Crippen LogP contribution in [0.2, 0.25) is 0 Å². The molecule has 1 unspecified atom stereocenters. The average Bonchev–Trinajstić information content (AvgIpc) is 2.76. The van der Waals surface area contributed by atoms with Gasteiger partial charge in [-0.3, -0.25) is 10.2 Å². The molecule has 90 valence electrons. The zero-order valence-corrected chi connectivity index (χ0v) is 10.7. The summed E-state index contributed by atoms with van der Waals surface area (Å²) < 4.78 is 0. The molecule has 0 saturated heterocycles. The van der Waals surface area contributed by atoms with E-state index in [1.165, 1.54) is 11.3 Å². The SMILES string of the molecule is CC(CN)CSCc1csc(C(=O)NN)n1. The van der Waals surface area contributed by atoms with Crippen LogP contribution in [0.1, 0.15) is 22.4 Å². The van der Waals surface area contributed by atoms with Crippen LogP contribution in [0.25, 0.3) is 0 Å². The first kappa shape index (κ1) is 13.4. The lowest BCUT2D eigenvalue weighted by Crippen LogP contribution is -2.29. The third-order valence-electron chi connectivity index (χ3n) is 1.93. The first-order chi connectivity index (χ1) is 7.67. The zero-order valence-electron chi connectivity index (χ0n) is 9.10. The van der Waals surface area contributed by atoms with Crippen LogP contribution in [0.3, 0.4) is 0 Å². The molecule has 16 heavy (non-hydrogen) atoms. The summed E-state index contributed by atoms with van der Waals surface area (Å²) in [6.07, 6.45) is 0. The van der Waals surface area contributed by atoms with Gasteiger partial charge in [-0.2, -0.15) is 11.8 Å². The number of hydrogen-bond acceptors (Lipinski definition) is 6. The van der Waals surface area contributed by atoms with Crippen molar-refractivity contribution in [2.24, 2.45) is 17.5 Å². The van der Waals surface area contributed by atoms with Crippen molar-refractivity contribution in [2.45, 2.75) is 12.7 Å². The zero-order chi connectivity index (χ0) is 12.0. The minimum absolute atomic E-state index is 0.337. The summed E-state index contributed by atoms with van der Waals surface area (Å²) in [4.78, 5) is 15.3. The molecule has 7 heteroatoms. The number of nitrogens with zero attached hydrogens (tertiary/aromatic N) is 1. The molecule has 1 amide bonds. The van der Waals surface area contributed by atoms with Gasteiger partial charge in [-0.05, 0) is 18.2 Å². The van der Waals surface area contributed by atoms with Gasteiger partial charge in [-0.15, -0.1) is 11.3 Å². The van der Waals surface area contributed by atoms with E-state index in [2.05, 4.69) is 17.3 Å². The summed E-state index contributed by atoms with van der Waals surface area (Å²) >= 11 is 3.08. The Morgan fingerprint density at radius 1 is 1.75 bits per heavy atom. The number of hydrogen-bond donors (Lipinski definition) is 3. The van der Waals surface area contributed by atoms with Crippen molar-refractivity contribution in [3.63, 3.8) is 0 Å². The first-order valence-electron chi connectivity index (χ1n) is 4.90. The Kier molecular flexibility index (Phi) is 5.75. The first-order valence-corrected chi connectivity index (χ1v) is 6.94. The Morgan fingerprint density at radius 3 is 3.12 bits per heavy atom. The van der Waals surface area contributed by atoms with E-state index in [0.717, 1.165) is 17.2 Å². The number of thiazole rings is 1. The van der Waals surface area contributed by atoms with Gasteiger partial charge in [0, 0.05) is 11.1 Å². The average molecular weight is 260 g/mol. The molecule has 5 nitrogen and oxygen atoms in total. The predicted octanol–water partition coefficient (Wildman–Crippen LogP) is 0.575. The molecule has 0 spiro atoms.